The highest BCUT2D eigenvalue weighted by atomic mass is 35.5. The SMILES string of the molecule is COc1cccc([C@H](N)c2ccccc2)n1.Cl. The highest BCUT2D eigenvalue weighted by Crippen LogP contribution is 2.19. The monoisotopic (exact) mass is 250 g/mol. The highest BCUT2D eigenvalue weighted by Gasteiger charge is 2.10. The van der Waals surface area contributed by atoms with E-state index < -0.39 is 0 Å². The highest BCUT2D eigenvalue weighted by molar-refractivity contribution is 5.85. The fourth-order valence-corrected chi connectivity index (χ4v) is 1.55. The van der Waals surface area contributed by atoms with Crippen molar-refractivity contribution in [3.63, 3.8) is 0 Å². The number of halogens is 1. The van der Waals surface area contributed by atoms with E-state index in [1.165, 1.54) is 0 Å². The molecule has 0 saturated carbocycles. The minimum atomic E-state index is -0.212. The number of nitrogens with zero attached hydrogens (tertiary/aromatic N) is 1. The molecule has 2 rings (SSSR count). The molecule has 90 valence electrons. The van der Waals surface area contributed by atoms with E-state index in [1.807, 2.05) is 42.5 Å². The average Bonchev–Trinajstić information content (AvgIpc) is 2.39. The van der Waals surface area contributed by atoms with E-state index in [2.05, 4.69) is 4.98 Å². The second kappa shape index (κ2) is 6.23. The molecular weight excluding hydrogens is 236 g/mol. The predicted octanol–water partition coefficient (Wildman–Crippen LogP) is 2.56. The number of hydrogen-bond donors (Lipinski definition) is 1. The number of ether oxygens (including phenoxy) is 1. The molecule has 1 heterocycles. The zero-order chi connectivity index (χ0) is 11.4. The van der Waals surface area contributed by atoms with Gasteiger partial charge in [-0.1, -0.05) is 36.4 Å². The summed E-state index contributed by atoms with van der Waals surface area (Å²) in [6, 6.07) is 15.3. The number of methoxy groups -OCH3 is 1. The van der Waals surface area contributed by atoms with Gasteiger partial charge in [0, 0.05) is 6.07 Å². The summed E-state index contributed by atoms with van der Waals surface area (Å²) in [5.74, 6) is 0.587. The van der Waals surface area contributed by atoms with Gasteiger partial charge in [-0.05, 0) is 11.6 Å². The molecule has 0 saturated heterocycles. The third-order valence-electron chi connectivity index (χ3n) is 2.43. The molecule has 0 aliphatic rings. The largest absolute Gasteiger partial charge is 0.481 e. The Labute approximate surface area is 107 Å². The summed E-state index contributed by atoms with van der Waals surface area (Å²) in [7, 11) is 1.60. The van der Waals surface area contributed by atoms with Gasteiger partial charge in [0.2, 0.25) is 5.88 Å². The van der Waals surface area contributed by atoms with Crippen LogP contribution in [-0.2, 0) is 0 Å². The molecule has 2 N–H and O–H groups in total. The molecule has 17 heavy (non-hydrogen) atoms. The van der Waals surface area contributed by atoms with Crippen molar-refractivity contribution < 1.29 is 4.74 Å². The van der Waals surface area contributed by atoms with Crippen molar-refractivity contribution in [3.05, 3.63) is 59.8 Å². The predicted molar refractivity (Wildman–Crippen MR) is 70.5 cm³/mol. The van der Waals surface area contributed by atoms with Crippen LogP contribution in [0, 0.1) is 0 Å². The van der Waals surface area contributed by atoms with Gasteiger partial charge in [-0.2, -0.15) is 0 Å². The van der Waals surface area contributed by atoms with Crippen LogP contribution in [0.1, 0.15) is 17.3 Å². The molecule has 0 aliphatic heterocycles. The lowest BCUT2D eigenvalue weighted by Crippen LogP contribution is -2.13. The smallest absolute Gasteiger partial charge is 0.213 e. The van der Waals surface area contributed by atoms with Crippen LogP contribution in [0.2, 0.25) is 0 Å². The van der Waals surface area contributed by atoms with E-state index >= 15 is 0 Å². The first-order chi connectivity index (χ1) is 7.81. The van der Waals surface area contributed by atoms with Crippen molar-refractivity contribution in [2.75, 3.05) is 7.11 Å². The number of benzene rings is 1. The molecule has 3 nitrogen and oxygen atoms in total. The summed E-state index contributed by atoms with van der Waals surface area (Å²) in [5, 5.41) is 0. The lowest BCUT2D eigenvalue weighted by molar-refractivity contribution is 0.395. The number of rotatable bonds is 3. The van der Waals surface area contributed by atoms with Gasteiger partial charge < -0.3 is 10.5 Å². The molecule has 0 fully saturated rings. The van der Waals surface area contributed by atoms with Crippen molar-refractivity contribution in [2.24, 2.45) is 5.73 Å². The van der Waals surface area contributed by atoms with E-state index in [9.17, 15) is 0 Å². The fourth-order valence-electron chi connectivity index (χ4n) is 1.55. The molecule has 0 aliphatic carbocycles. The Balaban J connectivity index is 0.00000144. The van der Waals surface area contributed by atoms with E-state index in [0.717, 1.165) is 11.3 Å². The first-order valence-electron chi connectivity index (χ1n) is 5.12. The molecule has 1 atom stereocenters. The van der Waals surface area contributed by atoms with Gasteiger partial charge in [-0.25, -0.2) is 4.98 Å². The van der Waals surface area contributed by atoms with Crippen molar-refractivity contribution in [1.29, 1.82) is 0 Å². The Morgan fingerprint density at radius 1 is 1.06 bits per heavy atom. The van der Waals surface area contributed by atoms with Crippen LogP contribution < -0.4 is 10.5 Å². The molecule has 1 aromatic carbocycles. The third kappa shape index (κ3) is 3.19. The lowest BCUT2D eigenvalue weighted by Gasteiger charge is -2.12. The zero-order valence-corrected chi connectivity index (χ0v) is 10.4. The van der Waals surface area contributed by atoms with Crippen LogP contribution in [0.4, 0.5) is 0 Å². The summed E-state index contributed by atoms with van der Waals surface area (Å²) in [5.41, 5.74) is 7.98. The first kappa shape index (κ1) is 13.5. The van der Waals surface area contributed by atoms with Crippen LogP contribution in [0.5, 0.6) is 5.88 Å². The molecule has 4 heteroatoms. The number of aromatic nitrogens is 1. The summed E-state index contributed by atoms with van der Waals surface area (Å²) in [4.78, 5) is 4.32. The van der Waals surface area contributed by atoms with Gasteiger partial charge in [0.05, 0.1) is 18.8 Å². The molecule has 0 unspecified atom stereocenters. The van der Waals surface area contributed by atoms with Gasteiger partial charge in [-0.15, -0.1) is 12.4 Å². The van der Waals surface area contributed by atoms with E-state index in [-0.39, 0.29) is 18.4 Å². The Hall–Kier alpha value is -1.58. The molecule has 0 amide bonds. The maximum absolute atomic E-state index is 6.12. The molecule has 0 radical (unpaired) electrons. The summed E-state index contributed by atoms with van der Waals surface area (Å²) in [6.07, 6.45) is 0. The van der Waals surface area contributed by atoms with Crippen LogP contribution >= 0.6 is 12.4 Å². The second-order valence-electron chi connectivity index (χ2n) is 3.49. The van der Waals surface area contributed by atoms with Gasteiger partial charge in [-0.3, -0.25) is 0 Å². The molecule has 0 spiro atoms. The van der Waals surface area contributed by atoms with Crippen LogP contribution in [0.3, 0.4) is 0 Å². The van der Waals surface area contributed by atoms with Crippen LogP contribution in [0.15, 0.2) is 48.5 Å². The summed E-state index contributed by atoms with van der Waals surface area (Å²) in [6.45, 7) is 0. The normalized spacial score (nSPS) is 11.4. The minimum Gasteiger partial charge on any atom is -0.481 e. The van der Waals surface area contributed by atoms with Gasteiger partial charge in [0.25, 0.3) is 0 Å². The van der Waals surface area contributed by atoms with E-state index in [0.29, 0.717) is 5.88 Å². The van der Waals surface area contributed by atoms with E-state index in [1.54, 1.807) is 13.2 Å². The Morgan fingerprint density at radius 2 is 1.76 bits per heavy atom. The topological polar surface area (TPSA) is 48.1 Å². The van der Waals surface area contributed by atoms with Crippen LogP contribution in [-0.4, -0.2) is 12.1 Å². The summed E-state index contributed by atoms with van der Waals surface area (Å²) < 4.78 is 5.07. The van der Waals surface area contributed by atoms with Gasteiger partial charge >= 0.3 is 0 Å². The molecule has 0 bridgehead atoms. The fraction of sp³-hybridized carbons (Fsp3) is 0.154. The van der Waals surface area contributed by atoms with Crippen molar-refractivity contribution in [3.8, 4) is 5.88 Å². The second-order valence-corrected chi connectivity index (χ2v) is 3.49. The third-order valence-corrected chi connectivity index (χ3v) is 2.43. The maximum Gasteiger partial charge on any atom is 0.213 e. The van der Waals surface area contributed by atoms with Crippen LogP contribution in [0.25, 0.3) is 0 Å². The number of pyridine rings is 1. The Kier molecular flexibility index (Phi) is 4.94. The Morgan fingerprint density at radius 3 is 2.41 bits per heavy atom. The number of nitrogens with two attached hydrogens (primary N) is 1. The quantitative estimate of drug-likeness (QED) is 0.911. The van der Waals surface area contributed by atoms with E-state index in [4.69, 9.17) is 10.5 Å². The zero-order valence-electron chi connectivity index (χ0n) is 9.54. The Bertz CT molecular complexity index is 462. The first-order valence-corrected chi connectivity index (χ1v) is 5.12. The van der Waals surface area contributed by atoms with Crippen molar-refractivity contribution in [2.45, 2.75) is 6.04 Å². The molecule has 2 aromatic rings. The lowest BCUT2D eigenvalue weighted by atomic mass is 10.0. The molecular formula is C13H15ClN2O. The van der Waals surface area contributed by atoms with Gasteiger partial charge in [0.1, 0.15) is 0 Å². The van der Waals surface area contributed by atoms with Crippen molar-refractivity contribution >= 4 is 12.4 Å². The number of hydrogen-bond acceptors (Lipinski definition) is 3. The minimum absolute atomic E-state index is 0. The van der Waals surface area contributed by atoms with Gasteiger partial charge in [0.15, 0.2) is 0 Å². The standard InChI is InChI=1S/C13H14N2O.ClH/c1-16-12-9-5-8-11(15-12)13(14)10-6-3-2-4-7-10;/h2-9,13H,14H2,1H3;1H/t13-;/m1./s1. The summed E-state index contributed by atoms with van der Waals surface area (Å²) >= 11 is 0. The average molecular weight is 251 g/mol. The maximum atomic E-state index is 6.12. The molecule has 1 aromatic heterocycles. The van der Waals surface area contributed by atoms with Crippen molar-refractivity contribution in [1.82, 2.24) is 4.98 Å².